The van der Waals surface area contributed by atoms with Gasteiger partial charge >= 0.3 is 6.18 Å². The highest BCUT2D eigenvalue weighted by Crippen LogP contribution is 2.18. The van der Waals surface area contributed by atoms with Crippen molar-refractivity contribution in [3.8, 4) is 0 Å². The number of hydrogen-bond acceptors (Lipinski definition) is 3. The van der Waals surface area contributed by atoms with Crippen LogP contribution in [-0.4, -0.2) is 34.5 Å². The van der Waals surface area contributed by atoms with Gasteiger partial charge in [-0.15, -0.1) is 5.10 Å². The lowest BCUT2D eigenvalue weighted by molar-refractivity contribution is -0.119. The van der Waals surface area contributed by atoms with Crippen LogP contribution in [0.15, 0.2) is 0 Å². The zero-order chi connectivity index (χ0) is 10.9. The summed E-state index contributed by atoms with van der Waals surface area (Å²) in [5, 5.41) is 6.08. The molecule has 0 saturated carbocycles. The van der Waals surface area contributed by atoms with Crippen molar-refractivity contribution in [2.24, 2.45) is 7.05 Å². The molecule has 80 valence electrons. The van der Waals surface area contributed by atoms with Gasteiger partial charge in [0.05, 0.1) is 0 Å². The number of aromatic nitrogens is 3. The number of hydrogen-bond donors (Lipinski definition) is 1. The fourth-order valence-electron chi connectivity index (χ4n) is 1.02. The van der Waals surface area contributed by atoms with Gasteiger partial charge in [-0.1, -0.05) is 0 Å². The van der Waals surface area contributed by atoms with Gasteiger partial charge in [0.1, 0.15) is 6.54 Å². The maximum Gasteiger partial charge on any atom is 0.406 e. The fourth-order valence-corrected chi connectivity index (χ4v) is 1.15. The van der Waals surface area contributed by atoms with Crippen LogP contribution in [0.3, 0.4) is 0 Å². The molecule has 14 heavy (non-hydrogen) atoms. The van der Waals surface area contributed by atoms with E-state index in [0.29, 0.717) is 0 Å². The lowest BCUT2D eigenvalue weighted by Crippen LogP contribution is -2.32. The van der Waals surface area contributed by atoms with Gasteiger partial charge in [-0.05, 0) is 12.2 Å². The zero-order valence-corrected chi connectivity index (χ0v) is 8.41. The molecule has 1 aromatic rings. The Labute approximate surface area is 83.3 Å². The molecule has 0 aliphatic carbocycles. The van der Waals surface area contributed by atoms with Crippen molar-refractivity contribution in [3.05, 3.63) is 4.77 Å². The van der Waals surface area contributed by atoms with Gasteiger partial charge in [0, 0.05) is 14.1 Å². The first-order chi connectivity index (χ1) is 6.31. The van der Waals surface area contributed by atoms with Crippen molar-refractivity contribution in [1.82, 2.24) is 14.8 Å². The monoisotopic (exact) mass is 226 g/mol. The van der Waals surface area contributed by atoms with E-state index in [1.807, 2.05) is 0 Å². The van der Waals surface area contributed by atoms with Gasteiger partial charge in [-0.3, -0.25) is 4.57 Å². The number of rotatable bonds is 2. The van der Waals surface area contributed by atoms with Crippen LogP contribution in [0.2, 0.25) is 0 Å². The summed E-state index contributed by atoms with van der Waals surface area (Å²) in [6.07, 6.45) is -4.25. The van der Waals surface area contributed by atoms with E-state index < -0.39 is 12.7 Å². The molecule has 1 rings (SSSR count). The van der Waals surface area contributed by atoms with E-state index in [1.165, 1.54) is 11.6 Å². The van der Waals surface area contributed by atoms with E-state index >= 15 is 0 Å². The Bertz CT molecular complexity index is 366. The Balaban J connectivity index is 2.85. The van der Waals surface area contributed by atoms with Gasteiger partial charge in [0.15, 0.2) is 4.77 Å². The Morgan fingerprint density at radius 3 is 2.50 bits per heavy atom. The quantitative estimate of drug-likeness (QED) is 0.776. The predicted molar refractivity (Wildman–Crippen MR) is 47.7 cm³/mol. The van der Waals surface area contributed by atoms with Crippen LogP contribution in [0.5, 0.6) is 0 Å². The van der Waals surface area contributed by atoms with E-state index in [0.717, 1.165) is 4.90 Å². The number of nitrogens with one attached hydrogen (secondary N) is 1. The van der Waals surface area contributed by atoms with Crippen molar-refractivity contribution < 1.29 is 13.2 Å². The van der Waals surface area contributed by atoms with Crippen molar-refractivity contribution in [2.75, 3.05) is 18.5 Å². The molecular formula is C6H9F3N4S. The lowest BCUT2D eigenvalue weighted by atomic mass is 10.5. The van der Waals surface area contributed by atoms with Crippen LogP contribution >= 0.6 is 12.2 Å². The number of halogens is 3. The third-order valence-electron chi connectivity index (χ3n) is 1.61. The molecule has 1 aromatic heterocycles. The zero-order valence-electron chi connectivity index (χ0n) is 7.59. The second kappa shape index (κ2) is 3.60. The molecule has 0 aliphatic rings. The molecule has 0 saturated heterocycles. The van der Waals surface area contributed by atoms with Crippen LogP contribution in [-0.2, 0) is 7.05 Å². The van der Waals surface area contributed by atoms with Crippen LogP contribution in [0.4, 0.5) is 19.1 Å². The summed E-state index contributed by atoms with van der Waals surface area (Å²) in [4.78, 5) is 0.978. The van der Waals surface area contributed by atoms with Crippen molar-refractivity contribution >= 4 is 18.2 Å². The average Bonchev–Trinajstić information content (AvgIpc) is 2.29. The first kappa shape index (κ1) is 11.0. The molecular weight excluding hydrogens is 217 g/mol. The number of alkyl halides is 3. The summed E-state index contributed by atoms with van der Waals surface area (Å²) in [6.45, 7) is -1.06. The molecule has 0 unspecified atom stereocenters. The van der Waals surface area contributed by atoms with Gasteiger partial charge in [-0.2, -0.15) is 13.2 Å². The van der Waals surface area contributed by atoms with E-state index in [2.05, 4.69) is 10.2 Å². The maximum atomic E-state index is 12.0. The second-order valence-electron chi connectivity index (χ2n) is 2.86. The predicted octanol–water partition coefficient (Wildman–Crippen LogP) is 1.48. The van der Waals surface area contributed by atoms with E-state index in [9.17, 15) is 13.2 Å². The molecule has 0 aromatic carbocycles. The first-order valence-corrected chi connectivity index (χ1v) is 4.11. The largest absolute Gasteiger partial charge is 0.406 e. The van der Waals surface area contributed by atoms with Gasteiger partial charge in [0.2, 0.25) is 5.95 Å². The Morgan fingerprint density at radius 2 is 2.14 bits per heavy atom. The lowest BCUT2D eigenvalue weighted by Gasteiger charge is -2.18. The maximum absolute atomic E-state index is 12.0. The highest BCUT2D eigenvalue weighted by atomic mass is 32.1. The van der Waals surface area contributed by atoms with Crippen LogP contribution in [0, 0.1) is 4.77 Å². The third-order valence-corrected chi connectivity index (χ3v) is 1.98. The molecule has 0 amide bonds. The first-order valence-electron chi connectivity index (χ1n) is 3.70. The Kier molecular flexibility index (Phi) is 2.84. The van der Waals surface area contributed by atoms with Gasteiger partial charge in [-0.25, -0.2) is 5.10 Å². The standard InChI is InChI=1S/C6H9F3N4S/c1-12(3-6(7,8)9)4-10-11-5(14)13(4)2/h3H2,1-2H3,(H,11,14). The van der Waals surface area contributed by atoms with Crippen LogP contribution in [0.1, 0.15) is 0 Å². The molecule has 8 heteroatoms. The minimum absolute atomic E-state index is 0.160. The Hall–Kier alpha value is -1.05. The number of H-pyrrole nitrogens is 1. The number of aromatic amines is 1. The van der Waals surface area contributed by atoms with Crippen molar-refractivity contribution in [3.63, 3.8) is 0 Å². The third kappa shape index (κ3) is 2.47. The minimum Gasteiger partial charge on any atom is -0.335 e. The van der Waals surface area contributed by atoms with E-state index in [4.69, 9.17) is 12.2 Å². The highest BCUT2D eigenvalue weighted by Gasteiger charge is 2.30. The van der Waals surface area contributed by atoms with Crippen molar-refractivity contribution in [1.29, 1.82) is 0 Å². The molecule has 1 heterocycles. The molecule has 0 spiro atoms. The van der Waals surface area contributed by atoms with Crippen LogP contribution in [0.25, 0.3) is 0 Å². The minimum atomic E-state index is -4.25. The summed E-state index contributed by atoms with van der Waals surface area (Å²) in [7, 11) is 2.85. The molecule has 0 bridgehead atoms. The summed E-state index contributed by atoms with van der Waals surface area (Å²) in [6, 6.07) is 0. The molecule has 0 atom stereocenters. The number of anilines is 1. The molecule has 1 N–H and O–H groups in total. The van der Waals surface area contributed by atoms with Gasteiger partial charge in [0.25, 0.3) is 0 Å². The summed E-state index contributed by atoms with van der Waals surface area (Å²) in [5.74, 6) is 0.160. The topological polar surface area (TPSA) is 36.9 Å². The summed E-state index contributed by atoms with van der Waals surface area (Å²) in [5.41, 5.74) is 0. The SMILES string of the molecule is CN(CC(F)(F)F)c1n[nH]c(=S)n1C. The Morgan fingerprint density at radius 1 is 1.57 bits per heavy atom. The summed E-state index contributed by atoms with van der Waals surface area (Å²) < 4.78 is 37.7. The van der Waals surface area contributed by atoms with E-state index in [-0.39, 0.29) is 10.7 Å². The van der Waals surface area contributed by atoms with Crippen molar-refractivity contribution in [2.45, 2.75) is 6.18 Å². The summed E-state index contributed by atoms with van der Waals surface area (Å²) >= 11 is 4.77. The molecule has 0 fully saturated rings. The average molecular weight is 226 g/mol. The highest BCUT2D eigenvalue weighted by molar-refractivity contribution is 7.71. The van der Waals surface area contributed by atoms with Gasteiger partial charge < -0.3 is 4.90 Å². The van der Waals surface area contributed by atoms with Crippen LogP contribution < -0.4 is 4.90 Å². The fraction of sp³-hybridized carbons (Fsp3) is 0.667. The molecule has 4 nitrogen and oxygen atoms in total. The normalized spacial score (nSPS) is 11.8. The van der Waals surface area contributed by atoms with E-state index in [1.54, 1.807) is 7.05 Å². The smallest absolute Gasteiger partial charge is 0.335 e. The molecule has 0 radical (unpaired) electrons. The molecule has 0 aliphatic heterocycles. The second-order valence-corrected chi connectivity index (χ2v) is 3.25. The number of nitrogens with zero attached hydrogens (tertiary/aromatic N) is 3.